The number of methoxy groups -OCH3 is 1. The van der Waals surface area contributed by atoms with E-state index < -0.39 is 21.9 Å². The Kier molecular flexibility index (Phi) is 7.85. The highest BCUT2D eigenvalue weighted by Crippen LogP contribution is 2.30. The normalized spacial score (nSPS) is 11.9. The molecule has 8 nitrogen and oxygen atoms in total. The molecule has 0 spiro atoms. The molecule has 0 unspecified atom stereocenters. The number of halogens is 1. The van der Waals surface area contributed by atoms with Gasteiger partial charge in [0.25, 0.3) is 10.0 Å². The Hall–Kier alpha value is -3.92. The first kappa shape index (κ1) is 24.7. The first-order valence-corrected chi connectivity index (χ1v) is 11.7. The van der Waals surface area contributed by atoms with Crippen molar-refractivity contribution >= 4 is 33.2 Å². The molecular formula is C24H24FN3O5S. The molecule has 3 N–H and O–H groups in total. The number of benzene rings is 3. The van der Waals surface area contributed by atoms with E-state index in [4.69, 9.17) is 4.74 Å². The molecule has 0 aromatic heterocycles. The largest absolute Gasteiger partial charge is 0.495 e. The van der Waals surface area contributed by atoms with Gasteiger partial charge in [0.2, 0.25) is 11.8 Å². The maximum Gasteiger partial charge on any atom is 0.262 e. The standard InChI is InChI=1S/C24H24FN3O5S/c1-16(29)26-21(17-6-4-3-5-7-17)15-24(30)27-19-10-13-23(33-2)22(14-19)28-34(31,32)20-11-8-18(25)9-12-20/h3-14,21,28H,15H2,1-2H3,(H,26,29)(H,27,30)/t21-/m0/s1. The highest BCUT2D eigenvalue weighted by atomic mass is 32.2. The summed E-state index contributed by atoms with van der Waals surface area (Å²) in [5.41, 5.74) is 1.18. The van der Waals surface area contributed by atoms with Gasteiger partial charge in [-0.2, -0.15) is 0 Å². The van der Waals surface area contributed by atoms with Crippen LogP contribution in [0.4, 0.5) is 15.8 Å². The Balaban J connectivity index is 1.78. The van der Waals surface area contributed by atoms with E-state index in [1.807, 2.05) is 30.3 Å². The predicted octanol–water partition coefficient (Wildman–Crippen LogP) is 3.84. The summed E-state index contributed by atoms with van der Waals surface area (Å²) >= 11 is 0. The predicted molar refractivity (Wildman–Crippen MR) is 126 cm³/mol. The third-order valence-electron chi connectivity index (χ3n) is 4.82. The van der Waals surface area contributed by atoms with Crippen LogP contribution in [0.25, 0.3) is 0 Å². The van der Waals surface area contributed by atoms with E-state index in [1.54, 1.807) is 6.07 Å². The third-order valence-corrected chi connectivity index (χ3v) is 6.20. The zero-order valence-electron chi connectivity index (χ0n) is 18.5. The van der Waals surface area contributed by atoms with Crippen LogP contribution >= 0.6 is 0 Å². The van der Waals surface area contributed by atoms with Gasteiger partial charge in [-0.15, -0.1) is 0 Å². The minimum Gasteiger partial charge on any atom is -0.495 e. The number of nitrogens with one attached hydrogen (secondary N) is 3. The van der Waals surface area contributed by atoms with Gasteiger partial charge in [0.15, 0.2) is 0 Å². The maximum absolute atomic E-state index is 13.2. The van der Waals surface area contributed by atoms with Gasteiger partial charge in [0.1, 0.15) is 11.6 Å². The smallest absolute Gasteiger partial charge is 0.262 e. The maximum atomic E-state index is 13.2. The first-order chi connectivity index (χ1) is 16.2. The van der Waals surface area contributed by atoms with Crippen molar-refractivity contribution in [2.45, 2.75) is 24.3 Å². The number of carbonyl (C=O) groups is 2. The van der Waals surface area contributed by atoms with Crippen molar-refractivity contribution in [3.63, 3.8) is 0 Å². The summed E-state index contributed by atoms with van der Waals surface area (Å²) in [6.45, 7) is 1.37. The number of ether oxygens (including phenoxy) is 1. The van der Waals surface area contributed by atoms with Gasteiger partial charge in [0, 0.05) is 12.6 Å². The highest BCUT2D eigenvalue weighted by molar-refractivity contribution is 7.92. The lowest BCUT2D eigenvalue weighted by atomic mass is 10.0. The van der Waals surface area contributed by atoms with Crippen molar-refractivity contribution in [3.8, 4) is 5.75 Å². The van der Waals surface area contributed by atoms with Gasteiger partial charge in [0.05, 0.1) is 30.2 Å². The molecule has 3 aromatic rings. The van der Waals surface area contributed by atoms with Crippen molar-refractivity contribution in [1.82, 2.24) is 5.32 Å². The van der Waals surface area contributed by atoms with Gasteiger partial charge in [-0.1, -0.05) is 30.3 Å². The number of rotatable bonds is 9. The van der Waals surface area contributed by atoms with E-state index in [1.165, 1.54) is 26.2 Å². The number of sulfonamides is 1. The zero-order valence-corrected chi connectivity index (χ0v) is 19.4. The van der Waals surface area contributed by atoms with E-state index in [-0.39, 0.29) is 34.6 Å². The molecule has 178 valence electrons. The lowest BCUT2D eigenvalue weighted by Gasteiger charge is -2.18. The van der Waals surface area contributed by atoms with Crippen molar-refractivity contribution in [3.05, 3.63) is 84.2 Å². The molecule has 0 bridgehead atoms. The van der Waals surface area contributed by atoms with Crippen LogP contribution in [0.15, 0.2) is 77.7 Å². The fourth-order valence-corrected chi connectivity index (χ4v) is 4.32. The third kappa shape index (κ3) is 6.55. The second kappa shape index (κ2) is 10.8. The summed E-state index contributed by atoms with van der Waals surface area (Å²) in [5.74, 6) is -0.998. The van der Waals surface area contributed by atoms with Crippen molar-refractivity contribution < 1.29 is 27.1 Å². The molecule has 3 rings (SSSR count). The van der Waals surface area contributed by atoms with Gasteiger partial charge in [-0.3, -0.25) is 14.3 Å². The lowest BCUT2D eigenvalue weighted by Crippen LogP contribution is -2.29. The quantitative estimate of drug-likeness (QED) is 0.426. The number of anilines is 2. The number of amides is 2. The van der Waals surface area contributed by atoms with Crippen LogP contribution in [0.2, 0.25) is 0 Å². The average Bonchev–Trinajstić information content (AvgIpc) is 2.79. The number of carbonyl (C=O) groups excluding carboxylic acids is 2. The summed E-state index contributed by atoms with van der Waals surface area (Å²) in [7, 11) is -2.66. The van der Waals surface area contributed by atoms with Crippen molar-refractivity contribution in [2.24, 2.45) is 0 Å². The van der Waals surface area contributed by atoms with Gasteiger partial charge >= 0.3 is 0 Å². The lowest BCUT2D eigenvalue weighted by molar-refractivity contribution is -0.120. The SMILES string of the molecule is COc1ccc(NC(=O)C[C@H](NC(C)=O)c2ccccc2)cc1NS(=O)(=O)c1ccc(F)cc1. The topological polar surface area (TPSA) is 114 Å². The molecule has 10 heteroatoms. The molecule has 3 aromatic carbocycles. The minimum absolute atomic E-state index is 0.0355. The number of hydrogen-bond acceptors (Lipinski definition) is 5. The molecule has 0 aliphatic carbocycles. The molecule has 1 atom stereocenters. The van der Waals surface area contributed by atoms with E-state index in [0.29, 0.717) is 5.69 Å². The first-order valence-electron chi connectivity index (χ1n) is 10.3. The Morgan fingerprint density at radius 2 is 1.68 bits per heavy atom. The van der Waals surface area contributed by atoms with Crippen LogP contribution in [0.3, 0.4) is 0 Å². The van der Waals surface area contributed by atoms with Crippen LogP contribution in [0, 0.1) is 5.82 Å². The Morgan fingerprint density at radius 1 is 1.00 bits per heavy atom. The molecule has 0 aliphatic heterocycles. The summed E-state index contributed by atoms with van der Waals surface area (Å²) < 4.78 is 46.2. The summed E-state index contributed by atoms with van der Waals surface area (Å²) in [5, 5.41) is 5.47. The van der Waals surface area contributed by atoms with Gasteiger partial charge in [-0.05, 0) is 48.0 Å². The average molecular weight is 486 g/mol. The fraction of sp³-hybridized carbons (Fsp3) is 0.167. The zero-order chi connectivity index (χ0) is 24.7. The molecule has 34 heavy (non-hydrogen) atoms. The highest BCUT2D eigenvalue weighted by Gasteiger charge is 2.19. The monoisotopic (exact) mass is 485 g/mol. The molecule has 0 saturated carbocycles. The fourth-order valence-electron chi connectivity index (χ4n) is 3.26. The van der Waals surface area contributed by atoms with Crippen LogP contribution in [0.1, 0.15) is 24.9 Å². The van der Waals surface area contributed by atoms with Crippen LogP contribution < -0.4 is 20.1 Å². The van der Waals surface area contributed by atoms with Gasteiger partial charge in [-0.25, -0.2) is 12.8 Å². The van der Waals surface area contributed by atoms with Gasteiger partial charge < -0.3 is 15.4 Å². The second-order valence-electron chi connectivity index (χ2n) is 7.39. The molecule has 0 saturated heterocycles. The molecule has 0 radical (unpaired) electrons. The van der Waals surface area contributed by atoms with Crippen molar-refractivity contribution in [1.29, 1.82) is 0 Å². The van der Waals surface area contributed by atoms with E-state index in [0.717, 1.165) is 29.8 Å². The molecule has 0 fully saturated rings. The van der Waals surface area contributed by atoms with E-state index >= 15 is 0 Å². The summed E-state index contributed by atoms with van der Waals surface area (Å²) in [6, 6.07) is 17.4. The summed E-state index contributed by atoms with van der Waals surface area (Å²) in [6.07, 6.45) is -0.0355. The molecule has 0 aliphatic rings. The van der Waals surface area contributed by atoms with Crippen LogP contribution in [-0.2, 0) is 19.6 Å². The Bertz CT molecular complexity index is 1270. The van der Waals surface area contributed by atoms with E-state index in [9.17, 15) is 22.4 Å². The molecule has 0 heterocycles. The van der Waals surface area contributed by atoms with Crippen LogP contribution in [-0.4, -0.2) is 27.3 Å². The molecule has 2 amide bonds. The van der Waals surface area contributed by atoms with E-state index in [2.05, 4.69) is 15.4 Å². The number of hydrogen-bond donors (Lipinski definition) is 3. The Labute approximate surface area is 197 Å². The molecular weight excluding hydrogens is 461 g/mol. The van der Waals surface area contributed by atoms with Crippen molar-refractivity contribution in [2.75, 3.05) is 17.1 Å². The summed E-state index contributed by atoms with van der Waals surface area (Å²) in [4.78, 5) is 24.2. The van der Waals surface area contributed by atoms with Crippen LogP contribution in [0.5, 0.6) is 5.75 Å². The Morgan fingerprint density at radius 3 is 2.29 bits per heavy atom. The minimum atomic E-state index is -4.03. The second-order valence-corrected chi connectivity index (χ2v) is 9.07.